The lowest BCUT2D eigenvalue weighted by Crippen LogP contribution is -1.99. The Labute approximate surface area is 278 Å². The molecule has 0 radical (unpaired) electrons. The van der Waals surface area contributed by atoms with Crippen LogP contribution in [0, 0.1) is 0 Å². The maximum absolute atomic E-state index is 12.2. The number of benzene rings is 4. The summed E-state index contributed by atoms with van der Waals surface area (Å²) in [7, 11) is 0. The maximum Gasteiger partial charge on any atom is 0.137 e. The number of para-hydroxylation sites is 2. The number of aromatic nitrogens is 4. The highest BCUT2D eigenvalue weighted by Gasteiger charge is 2.07. The van der Waals surface area contributed by atoms with Crippen molar-refractivity contribution in [3.63, 3.8) is 0 Å². The average molecular weight is 694 g/mol. The van der Waals surface area contributed by atoms with E-state index in [9.17, 15) is 13.9 Å². The first-order valence-electron chi connectivity index (χ1n) is 15.0. The largest absolute Gasteiger partial charge is 0.508 e. The number of hydrogen-bond donors (Lipinski definition) is 1. The van der Waals surface area contributed by atoms with Crippen LogP contribution < -0.4 is 4.74 Å². The fraction of sp³-hybridized carbons (Fsp3) is 0.105. The average Bonchev–Trinajstić information content (AvgIpc) is 3.76. The lowest BCUT2D eigenvalue weighted by atomic mass is 10.1. The summed E-state index contributed by atoms with van der Waals surface area (Å²) in [5.74, 6) is 2.68. The molecular weight excluding hydrogens is 662 g/mol. The van der Waals surface area contributed by atoms with Crippen LogP contribution in [0.25, 0.3) is 55.0 Å². The van der Waals surface area contributed by atoms with Gasteiger partial charge in [0.05, 0.1) is 17.7 Å². The molecule has 0 unspecified atom stereocenters. The highest BCUT2D eigenvalue weighted by atomic mass is 79.9. The molecule has 6 nitrogen and oxygen atoms in total. The van der Waals surface area contributed by atoms with Crippen LogP contribution in [0.1, 0.15) is 0 Å². The number of pyridine rings is 2. The molecular formula is C38H31BrF2N4O2. The molecule has 8 rings (SSSR count). The SMILES string of the molecule is FCCOc1ccc2cc(-n3ccc4ccccc43)ncc2c1.Oc1ccc2cc(-n3ccc4ccccc43)ncc2c1.[19F]CCBr. The molecule has 0 aliphatic rings. The number of phenols is 1. The van der Waals surface area contributed by atoms with Crippen LogP contribution in [0.5, 0.6) is 11.5 Å². The van der Waals surface area contributed by atoms with E-state index in [1.54, 1.807) is 18.3 Å². The lowest BCUT2D eigenvalue weighted by Gasteiger charge is -2.08. The number of rotatable bonds is 6. The Hall–Kier alpha value is -5.28. The number of alkyl halides is 3. The normalized spacial score (nSPS) is 10.9. The monoisotopic (exact) mass is 692 g/mol. The van der Waals surface area contributed by atoms with Gasteiger partial charge in [-0.2, -0.15) is 0 Å². The number of nitrogens with zero attached hydrogens (tertiary/aromatic N) is 4. The molecule has 0 spiro atoms. The first kappa shape index (κ1) is 31.7. The van der Waals surface area contributed by atoms with Crippen LogP contribution in [-0.4, -0.2) is 49.5 Å². The third-order valence-corrected chi connectivity index (χ3v) is 7.78. The predicted molar refractivity (Wildman–Crippen MR) is 190 cm³/mol. The lowest BCUT2D eigenvalue weighted by molar-refractivity contribution is 0.273. The summed E-state index contributed by atoms with van der Waals surface area (Å²) in [4.78, 5) is 9.05. The van der Waals surface area contributed by atoms with E-state index in [0.717, 1.165) is 44.2 Å². The van der Waals surface area contributed by atoms with E-state index < -0.39 is 6.67 Å². The van der Waals surface area contributed by atoms with E-state index in [1.807, 2.05) is 79.3 Å². The Morgan fingerprint density at radius 2 is 1.13 bits per heavy atom. The summed E-state index contributed by atoms with van der Waals surface area (Å²) in [5, 5.41) is 16.4. The van der Waals surface area contributed by atoms with Crippen molar-refractivity contribution in [2.24, 2.45) is 0 Å². The van der Waals surface area contributed by atoms with Gasteiger partial charge in [-0.15, -0.1) is 0 Å². The quantitative estimate of drug-likeness (QED) is 0.176. The van der Waals surface area contributed by atoms with E-state index in [4.69, 9.17) is 4.74 Å². The predicted octanol–water partition coefficient (Wildman–Crippen LogP) is 9.76. The molecule has 236 valence electrons. The topological polar surface area (TPSA) is 65.1 Å². The number of halogens is 3. The molecule has 4 heterocycles. The van der Waals surface area contributed by atoms with Gasteiger partial charge in [0, 0.05) is 40.9 Å². The molecule has 47 heavy (non-hydrogen) atoms. The fourth-order valence-corrected chi connectivity index (χ4v) is 5.30. The minimum Gasteiger partial charge on any atom is -0.508 e. The molecule has 0 aliphatic heterocycles. The zero-order valence-corrected chi connectivity index (χ0v) is 26.9. The maximum atomic E-state index is 12.2. The third-order valence-electron chi connectivity index (χ3n) is 7.48. The minimum absolute atomic E-state index is 0.0758. The number of phenolic OH excluding ortho intramolecular Hbond substituents is 1. The molecule has 0 amide bonds. The molecule has 0 fully saturated rings. The summed E-state index contributed by atoms with van der Waals surface area (Å²) in [5.41, 5.74) is 2.26. The highest BCUT2D eigenvalue weighted by molar-refractivity contribution is 9.09. The van der Waals surface area contributed by atoms with E-state index in [1.165, 1.54) is 10.8 Å². The van der Waals surface area contributed by atoms with Crippen molar-refractivity contribution >= 4 is 59.3 Å². The van der Waals surface area contributed by atoms with Crippen molar-refractivity contribution in [1.82, 2.24) is 19.1 Å². The van der Waals surface area contributed by atoms with Gasteiger partial charge in [-0.1, -0.05) is 64.5 Å². The minimum atomic E-state index is -0.490. The summed E-state index contributed by atoms with van der Waals surface area (Å²) < 4.78 is 32.3. The summed E-state index contributed by atoms with van der Waals surface area (Å²) in [6.45, 7) is -0.678. The van der Waals surface area contributed by atoms with Gasteiger partial charge in [-0.3, -0.25) is 4.39 Å². The molecule has 0 saturated carbocycles. The van der Waals surface area contributed by atoms with Crippen LogP contribution >= 0.6 is 15.9 Å². The van der Waals surface area contributed by atoms with Crippen LogP contribution in [0.3, 0.4) is 0 Å². The highest BCUT2D eigenvalue weighted by Crippen LogP contribution is 2.26. The van der Waals surface area contributed by atoms with Crippen molar-refractivity contribution in [2.45, 2.75) is 0 Å². The molecule has 9 heteroatoms. The van der Waals surface area contributed by atoms with Gasteiger partial charge in [-0.05, 0) is 82.2 Å². The third kappa shape index (κ3) is 7.26. The number of fused-ring (bicyclic) bond motifs is 4. The van der Waals surface area contributed by atoms with Gasteiger partial charge in [0.2, 0.25) is 0 Å². The van der Waals surface area contributed by atoms with Crippen LogP contribution in [0.2, 0.25) is 0 Å². The van der Waals surface area contributed by atoms with Crippen molar-refractivity contribution in [2.75, 3.05) is 25.3 Å². The van der Waals surface area contributed by atoms with Gasteiger partial charge in [-0.25, -0.2) is 14.4 Å². The van der Waals surface area contributed by atoms with Crippen molar-refractivity contribution in [3.8, 4) is 23.1 Å². The Morgan fingerprint density at radius 1 is 0.596 bits per heavy atom. The van der Waals surface area contributed by atoms with Gasteiger partial charge >= 0.3 is 0 Å². The van der Waals surface area contributed by atoms with Crippen molar-refractivity contribution < 1.29 is 18.6 Å². The van der Waals surface area contributed by atoms with E-state index in [-0.39, 0.29) is 19.0 Å². The molecule has 0 aliphatic carbocycles. The van der Waals surface area contributed by atoms with Crippen molar-refractivity contribution in [3.05, 3.63) is 134 Å². The van der Waals surface area contributed by atoms with Gasteiger partial charge in [0.15, 0.2) is 0 Å². The Kier molecular flexibility index (Phi) is 10.0. The Bertz CT molecular complexity index is 2260. The Morgan fingerprint density at radius 3 is 1.68 bits per heavy atom. The Balaban J connectivity index is 0.000000149. The van der Waals surface area contributed by atoms with E-state index in [2.05, 4.69) is 71.4 Å². The molecule has 1 N–H and O–H groups in total. The van der Waals surface area contributed by atoms with Gasteiger partial charge < -0.3 is 19.0 Å². The number of aromatic hydroxyl groups is 1. The number of ether oxygens (including phenoxy) is 1. The molecule has 8 aromatic rings. The summed E-state index contributed by atoms with van der Waals surface area (Å²) in [6.07, 6.45) is 7.66. The zero-order chi connectivity index (χ0) is 32.6. The zero-order valence-electron chi connectivity index (χ0n) is 25.3. The summed E-state index contributed by atoms with van der Waals surface area (Å²) in [6, 6.07) is 35.7. The molecule has 0 atom stereocenters. The molecule has 4 aromatic carbocycles. The standard InChI is InChI=1S/C19H15FN2O.C17H12N2O.C2H4BrF/c20-8-10-23-17-6-5-15-12-19(21-13-16(15)11-17)22-9-7-14-3-1-2-4-18(14)22;20-15-6-5-13-10-17(18-11-14(13)9-15)19-8-7-12-3-1-2-4-16(12)19;3-1-2-4/h1-7,9,11-13H,8,10H2;1-11,20H;1-2H2/i;;4+0. The number of hydrogen-bond acceptors (Lipinski definition) is 4. The molecule has 4 aromatic heterocycles. The summed E-state index contributed by atoms with van der Waals surface area (Å²) >= 11 is 2.87. The van der Waals surface area contributed by atoms with Crippen LogP contribution in [-0.2, 0) is 0 Å². The van der Waals surface area contributed by atoms with Gasteiger partial charge in [0.25, 0.3) is 0 Å². The smallest absolute Gasteiger partial charge is 0.137 e. The van der Waals surface area contributed by atoms with Crippen molar-refractivity contribution in [1.29, 1.82) is 0 Å². The molecule has 0 bridgehead atoms. The fourth-order valence-electron chi connectivity index (χ4n) is 5.30. The van der Waals surface area contributed by atoms with Gasteiger partial charge in [0.1, 0.15) is 36.4 Å². The van der Waals surface area contributed by atoms with Crippen LogP contribution in [0.15, 0.2) is 134 Å². The second-order valence-corrected chi connectivity index (χ2v) is 11.3. The second-order valence-electron chi connectivity index (χ2n) is 10.5. The molecule has 0 saturated heterocycles. The first-order chi connectivity index (χ1) is 23.1. The second kappa shape index (κ2) is 14.9. The van der Waals surface area contributed by atoms with E-state index >= 15 is 0 Å². The van der Waals surface area contributed by atoms with Crippen LogP contribution in [0.4, 0.5) is 8.78 Å². The van der Waals surface area contributed by atoms with E-state index in [0.29, 0.717) is 11.1 Å². The first-order valence-corrected chi connectivity index (χ1v) is 16.1.